The normalized spacial score (nSPS) is 20.8. The molecule has 3 N–H and O–H groups in total. The van der Waals surface area contributed by atoms with Crippen LogP contribution in [0.15, 0.2) is 29.3 Å². The van der Waals surface area contributed by atoms with Gasteiger partial charge in [0.05, 0.1) is 18.8 Å². The van der Waals surface area contributed by atoms with E-state index in [9.17, 15) is 8.42 Å². The van der Waals surface area contributed by atoms with E-state index >= 15 is 0 Å². The third kappa shape index (κ3) is 6.71. The highest BCUT2D eigenvalue weighted by Gasteiger charge is 2.43. The molecule has 30 heavy (non-hydrogen) atoms. The number of rotatable bonds is 6. The highest BCUT2D eigenvalue weighted by molar-refractivity contribution is 14.0. The Kier molecular flexibility index (Phi) is 8.43. The van der Waals surface area contributed by atoms with Gasteiger partial charge in [0, 0.05) is 24.1 Å². The van der Waals surface area contributed by atoms with Crippen molar-refractivity contribution in [2.45, 2.75) is 70.1 Å². The minimum atomic E-state index is -3.30. The quantitative estimate of drug-likeness (QED) is 0.287. The molecule has 3 rings (SSSR count). The van der Waals surface area contributed by atoms with E-state index in [4.69, 9.17) is 4.74 Å². The van der Waals surface area contributed by atoms with Gasteiger partial charge in [0.25, 0.3) is 0 Å². The van der Waals surface area contributed by atoms with Gasteiger partial charge in [-0.2, -0.15) is 0 Å². The minimum absolute atomic E-state index is 0. The van der Waals surface area contributed by atoms with Crippen LogP contribution in [0, 0.1) is 0 Å². The standard InChI is InChI=1S/C21H34N4O3S.HI/c1-5-22-19(23-15-20(2,3)25-29(4,26)27)24-17-14-21(12-8-9-13-21)28-18-11-7-6-10-16(17)18;/h6-7,10-11,17,25H,5,8-9,12-15H2,1-4H3,(H2,22,23,24);1H. The van der Waals surface area contributed by atoms with Crippen molar-refractivity contribution in [2.24, 2.45) is 4.99 Å². The fourth-order valence-corrected chi connectivity index (χ4v) is 5.44. The number of para-hydroxylation sites is 1. The second-order valence-electron chi connectivity index (χ2n) is 8.88. The molecule has 1 fully saturated rings. The van der Waals surface area contributed by atoms with Gasteiger partial charge in [0.1, 0.15) is 11.4 Å². The molecular weight excluding hydrogens is 515 g/mol. The molecule has 1 aromatic carbocycles. The number of halogens is 1. The Bertz CT molecular complexity index is 852. The molecule has 7 nitrogen and oxygen atoms in total. The minimum Gasteiger partial charge on any atom is -0.487 e. The number of ether oxygens (including phenoxy) is 1. The average molecular weight is 551 g/mol. The first-order chi connectivity index (χ1) is 13.6. The van der Waals surface area contributed by atoms with Crippen LogP contribution in [0.25, 0.3) is 0 Å². The van der Waals surface area contributed by atoms with E-state index in [0.717, 1.165) is 37.1 Å². The lowest BCUT2D eigenvalue weighted by Gasteiger charge is -2.40. The van der Waals surface area contributed by atoms with Crippen LogP contribution in [0.1, 0.15) is 64.5 Å². The maximum absolute atomic E-state index is 11.6. The maximum Gasteiger partial charge on any atom is 0.209 e. The van der Waals surface area contributed by atoms with Crippen molar-refractivity contribution in [3.8, 4) is 5.75 Å². The summed E-state index contributed by atoms with van der Waals surface area (Å²) in [5.74, 6) is 1.64. The van der Waals surface area contributed by atoms with Crippen molar-refractivity contribution in [1.29, 1.82) is 0 Å². The monoisotopic (exact) mass is 550 g/mol. The Labute approximate surface area is 197 Å². The molecule has 1 saturated carbocycles. The van der Waals surface area contributed by atoms with Gasteiger partial charge in [-0.3, -0.25) is 4.99 Å². The highest BCUT2D eigenvalue weighted by atomic mass is 127. The molecule has 0 aromatic heterocycles. The van der Waals surface area contributed by atoms with Crippen LogP contribution in [-0.4, -0.2) is 44.9 Å². The second-order valence-corrected chi connectivity index (χ2v) is 10.6. The van der Waals surface area contributed by atoms with Crippen LogP contribution in [0.2, 0.25) is 0 Å². The van der Waals surface area contributed by atoms with Crippen LogP contribution in [0.5, 0.6) is 5.75 Å². The Hall–Kier alpha value is -1.07. The number of hydrogen-bond donors (Lipinski definition) is 3. The summed E-state index contributed by atoms with van der Waals surface area (Å²) in [6.45, 7) is 6.73. The van der Waals surface area contributed by atoms with Gasteiger partial charge in [-0.1, -0.05) is 18.2 Å². The van der Waals surface area contributed by atoms with Crippen molar-refractivity contribution < 1.29 is 13.2 Å². The zero-order valence-electron chi connectivity index (χ0n) is 18.3. The number of guanidine groups is 1. The number of aliphatic imine (C=N–C) groups is 1. The van der Waals surface area contributed by atoms with Gasteiger partial charge in [-0.25, -0.2) is 13.1 Å². The first-order valence-electron chi connectivity index (χ1n) is 10.4. The summed E-state index contributed by atoms with van der Waals surface area (Å²) in [5.41, 5.74) is 0.376. The van der Waals surface area contributed by atoms with E-state index in [1.54, 1.807) is 0 Å². The lowest BCUT2D eigenvalue weighted by atomic mass is 9.86. The molecule has 1 unspecified atom stereocenters. The smallest absolute Gasteiger partial charge is 0.209 e. The molecule has 0 radical (unpaired) electrons. The van der Waals surface area contributed by atoms with E-state index in [0.29, 0.717) is 12.5 Å². The predicted molar refractivity (Wildman–Crippen MR) is 132 cm³/mol. The van der Waals surface area contributed by atoms with Crippen molar-refractivity contribution in [1.82, 2.24) is 15.4 Å². The van der Waals surface area contributed by atoms with Gasteiger partial charge >= 0.3 is 0 Å². The Balaban J connectivity index is 0.00000320. The van der Waals surface area contributed by atoms with E-state index < -0.39 is 15.6 Å². The maximum atomic E-state index is 11.6. The molecule has 1 aromatic rings. The Morgan fingerprint density at radius 2 is 1.93 bits per heavy atom. The summed E-state index contributed by atoms with van der Waals surface area (Å²) in [4.78, 5) is 4.68. The zero-order valence-corrected chi connectivity index (χ0v) is 21.5. The summed E-state index contributed by atoms with van der Waals surface area (Å²) in [7, 11) is -3.30. The van der Waals surface area contributed by atoms with E-state index in [2.05, 4.69) is 26.4 Å². The number of nitrogens with one attached hydrogen (secondary N) is 3. The molecule has 1 aliphatic carbocycles. The summed E-state index contributed by atoms with van der Waals surface area (Å²) in [6, 6.07) is 8.30. The molecule has 9 heteroatoms. The first kappa shape index (κ1) is 25.2. The number of fused-ring (bicyclic) bond motifs is 1. The van der Waals surface area contributed by atoms with Crippen LogP contribution < -0.4 is 20.1 Å². The number of benzene rings is 1. The summed E-state index contributed by atoms with van der Waals surface area (Å²) < 4.78 is 32.3. The Morgan fingerprint density at radius 3 is 2.57 bits per heavy atom. The summed E-state index contributed by atoms with van der Waals surface area (Å²) in [6.07, 6.45) is 6.64. The van der Waals surface area contributed by atoms with Crippen molar-refractivity contribution in [3.05, 3.63) is 29.8 Å². The largest absolute Gasteiger partial charge is 0.487 e. The number of hydrogen-bond acceptors (Lipinski definition) is 4. The van der Waals surface area contributed by atoms with Crippen molar-refractivity contribution >= 4 is 40.0 Å². The van der Waals surface area contributed by atoms with Gasteiger partial charge in [0.15, 0.2) is 5.96 Å². The zero-order chi connectivity index (χ0) is 21.1. The molecule has 1 heterocycles. The lowest BCUT2D eigenvalue weighted by Crippen LogP contribution is -2.48. The fourth-order valence-electron chi connectivity index (χ4n) is 4.37. The molecule has 1 aliphatic heterocycles. The topological polar surface area (TPSA) is 91.8 Å². The second kappa shape index (κ2) is 10.0. The molecular formula is C21H35IN4O3S. The van der Waals surface area contributed by atoms with E-state index in [1.807, 2.05) is 39.0 Å². The summed E-state index contributed by atoms with van der Waals surface area (Å²) >= 11 is 0. The molecule has 170 valence electrons. The third-order valence-electron chi connectivity index (χ3n) is 5.46. The van der Waals surface area contributed by atoms with Crippen LogP contribution in [0.3, 0.4) is 0 Å². The van der Waals surface area contributed by atoms with Crippen molar-refractivity contribution in [3.63, 3.8) is 0 Å². The third-order valence-corrected chi connectivity index (χ3v) is 6.38. The molecule has 0 bridgehead atoms. The molecule has 1 spiro atoms. The summed E-state index contributed by atoms with van der Waals surface area (Å²) in [5, 5.41) is 6.88. The number of sulfonamides is 1. The highest BCUT2D eigenvalue weighted by Crippen LogP contribution is 2.46. The number of nitrogens with zero attached hydrogens (tertiary/aromatic N) is 1. The fraction of sp³-hybridized carbons (Fsp3) is 0.667. The predicted octanol–water partition coefficient (Wildman–Crippen LogP) is 3.32. The van der Waals surface area contributed by atoms with Crippen LogP contribution in [0.4, 0.5) is 0 Å². The van der Waals surface area contributed by atoms with Crippen molar-refractivity contribution in [2.75, 3.05) is 19.3 Å². The van der Waals surface area contributed by atoms with Gasteiger partial charge < -0.3 is 15.4 Å². The van der Waals surface area contributed by atoms with Crippen LogP contribution >= 0.6 is 24.0 Å². The molecule has 2 aliphatic rings. The Morgan fingerprint density at radius 1 is 1.27 bits per heavy atom. The SMILES string of the molecule is CCNC(=NCC(C)(C)NS(C)(=O)=O)NC1CC2(CCCC2)Oc2ccccc21.I. The van der Waals surface area contributed by atoms with Gasteiger partial charge in [-0.05, 0) is 52.5 Å². The first-order valence-corrected chi connectivity index (χ1v) is 12.3. The molecule has 1 atom stereocenters. The molecule has 0 saturated heterocycles. The van der Waals surface area contributed by atoms with E-state index in [1.165, 1.54) is 19.1 Å². The van der Waals surface area contributed by atoms with Gasteiger partial charge in [0.2, 0.25) is 10.0 Å². The van der Waals surface area contributed by atoms with E-state index in [-0.39, 0.29) is 35.6 Å². The average Bonchev–Trinajstić information content (AvgIpc) is 3.05. The lowest BCUT2D eigenvalue weighted by molar-refractivity contribution is 0.0396. The van der Waals surface area contributed by atoms with Gasteiger partial charge in [-0.15, -0.1) is 24.0 Å². The molecule has 0 amide bonds. The van der Waals surface area contributed by atoms with Crippen LogP contribution in [-0.2, 0) is 10.0 Å².